The molecule has 0 bridgehead atoms. The molecule has 0 aliphatic heterocycles. The zero-order valence-electron chi connectivity index (χ0n) is 15.6. The number of rotatable bonds is 5. The van der Waals surface area contributed by atoms with Crippen LogP contribution in [0.5, 0.6) is 0 Å². The maximum absolute atomic E-state index is 13.1. The largest absolute Gasteiger partial charge is 0.337 e. The predicted octanol–water partition coefficient (Wildman–Crippen LogP) is 3.07. The monoisotopic (exact) mass is 430 g/mol. The number of primary sulfonamides is 1. The van der Waals surface area contributed by atoms with Crippen molar-refractivity contribution < 1.29 is 13.2 Å². The number of sulfonamides is 1. The van der Waals surface area contributed by atoms with E-state index in [1.165, 1.54) is 12.1 Å². The van der Waals surface area contributed by atoms with E-state index < -0.39 is 10.0 Å². The minimum absolute atomic E-state index is 0.0168. The number of hydrogen-bond acceptors (Lipinski definition) is 4. The zero-order chi connectivity index (χ0) is 20.8. The topological polar surface area (TPSA) is 98.3 Å². The molecule has 3 aromatic rings. The van der Waals surface area contributed by atoms with Crippen LogP contribution in [0, 0.1) is 0 Å². The van der Waals surface area contributed by atoms with E-state index in [0.29, 0.717) is 27.7 Å². The first kappa shape index (κ1) is 19.6. The Morgan fingerprint density at radius 2 is 1.76 bits per heavy atom. The summed E-state index contributed by atoms with van der Waals surface area (Å²) < 4.78 is 24.5. The number of benzene rings is 2. The van der Waals surface area contributed by atoms with Gasteiger partial charge in [0.25, 0.3) is 5.91 Å². The highest BCUT2D eigenvalue weighted by atomic mass is 35.5. The Labute approximate surface area is 173 Å². The quantitative estimate of drug-likeness (QED) is 0.672. The maximum atomic E-state index is 13.1. The molecular formula is C20H19ClN4O3S. The Balaban J connectivity index is 1.78. The number of carbonyl (C=O) groups is 1. The van der Waals surface area contributed by atoms with Gasteiger partial charge in [0, 0.05) is 23.7 Å². The molecule has 1 aromatic heterocycles. The van der Waals surface area contributed by atoms with Crippen LogP contribution in [0.3, 0.4) is 0 Å². The molecular weight excluding hydrogens is 412 g/mol. The van der Waals surface area contributed by atoms with Crippen LogP contribution in [0.2, 0.25) is 5.02 Å². The molecule has 0 atom stereocenters. The summed E-state index contributed by atoms with van der Waals surface area (Å²) in [7, 11) is -1.99. The van der Waals surface area contributed by atoms with Gasteiger partial charge in [-0.1, -0.05) is 23.7 Å². The fourth-order valence-electron chi connectivity index (χ4n) is 3.08. The molecule has 1 aliphatic carbocycles. The maximum Gasteiger partial charge on any atom is 0.272 e. The van der Waals surface area contributed by atoms with Gasteiger partial charge >= 0.3 is 0 Å². The first-order chi connectivity index (χ1) is 13.7. The first-order valence-electron chi connectivity index (χ1n) is 9.00. The summed E-state index contributed by atoms with van der Waals surface area (Å²) in [5, 5.41) is 10.3. The van der Waals surface area contributed by atoms with E-state index in [9.17, 15) is 13.2 Å². The number of amides is 1. The summed E-state index contributed by atoms with van der Waals surface area (Å²) in [6.07, 6.45) is 2.00. The molecule has 9 heteroatoms. The van der Waals surface area contributed by atoms with Gasteiger partial charge in [-0.15, -0.1) is 0 Å². The molecule has 0 unspecified atom stereocenters. The molecule has 1 heterocycles. The molecule has 1 aliphatic rings. The summed E-state index contributed by atoms with van der Waals surface area (Å²) in [6.45, 7) is 0. The highest BCUT2D eigenvalue weighted by Crippen LogP contribution is 2.29. The molecule has 1 amide bonds. The van der Waals surface area contributed by atoms with E-state index in [1.807, 2.05) is 0 Å². The van der Waals surface area contributed by atoms with Crippen molar-refractivity contribution in [1.29, 1.82) is 0 Å². The summed E-state index contributed by atoms with van der Waals surface area (Å²) in [4.78, 5) is 14.8. The summed E-state index contributed by atoms with van der Waals surface area (Å²) in [6, 6.07) is 15.1. The van der Waals surface area contributed by atoms with Crippen molar-refractivity contribution in [2.75, 3.05) is 7.05 Å². The van der Waals surface area contributed by atoms with Gasteiger partial charge in [-0.05, 0) is 55.3 Å². The van der Waals surface area contributed by atoms with Crippen LogP contribution < -0.4 is 5.14 Å². The third-order valence-corrected chi connectivity index (χ3v) is 6.07. The van der Waals surface area contributed by atoms with E-state index in [1.54, 1.807) is 59.1 Å². The van der Waals surface area contributed by atoms with Crippen LogP contribution in [0.15, 0.2) is 59.5 Å². The lowest BCUT2D eigenvalue weighted by Crippen LogP contribution is -2.30. The average molecular weight is 431 g/mol. The zero-order valence-corrected chi connectivity index (χ0v) is 17.2. The Kier molecular flexibility index (Phi) is 4.94. The number of nitrogens with two attached hydrogens (primary N) is 1. The minimum atomic E-state index is -3.78. The van der Waals surface area contributed by atoms with Gasteiger partial charge in [-0.25, -0.2) is 18.2 Å². The molecule has 150 valence electrons. The average Bonchev–Trinajstić information content (AvgIpc) is 3.45. The van der Waals surface area contributed by atoms with E-state index in [-0.39, 0.29) is 16.8 Å². The molecule has 2 aromatic carbocycles. The van der Waals surface area contributed by atoms with Gasteiger partial charge in [0.05, 0.1) is 16.3 Å². The third-order valence-electron chi connectivity index (χ3n) is 4.89. The number of aromatic nitrogens is 2. The van der Waals surface area contributed by atoms with Crippen LogP contribution in [0.25, 0.3) is 16.9 Å². The Hall–Kier alpha value is -2.68. The molecule has 2 N–H and O–H groups in total. The number of hydrogen-bond donors (Lipinski definition) is 1. The van der Waals surface area contributed by atoms with Gasteiger partial charge in [0.2, 0.25) is 10.0 Å². The summed E-state index contributed by atoms with van der Waals surface area (Å²) >= 11 is 5.99. The summed E-state index contributed by atoms with van der Waals surface area (Å²) in [5.74, 6) is -0.123. The van der Waals surface area contributed by atoms with Crippen LogP contribution in [-0.4, -0.2) is 42.1 Å². The van der Waals surface area contributed by atoms with Gasteiger partial charge < -0.3 is 4.90 Å². The highest BCUT2D eigenvalue weighted by molar-refractivity contribution is 7.89. The molecule has 0 radical (unpaired) electrons. The molecule has 7 nitrogen and oxygen atoms in total. The van der Waals surface area contributed by atoms with Gasteiger partial charge in [-0.3, -0.25) is 4.79 Å². The fraction of sp³-hybridized carbons (Fsp3) is 0.200. The normalized spacial score (nSPS) is 14.0. The molecule has 4 rings (SSSR count). The highest BCUT2D eigenvalue weighted by Gasteiger charge is 2.32. The lowest BCUT2D eigenvalue weighted by Gasteiger charge is -2.16. The van der Waals surface area contributed by atoms with Crippen LogP contribution in [0.1, 0.15) is 23.3 Å². The molecule has 1 saturated carbocycles. The summed E-state index contributed by atoms with van der Waals surface area (Å²) in [5.41, 5.74) is 2.35. The van der Waals surface area contributed by atoms with Gasteiger partial charge in [-0.2, -0.15) is 5.10 Å². The number of nitrogens with zero attached hydrogens (tertiary/aromatic N) is 3. The smallest absolute Gasteiger partial charge is 0.272 e. The lowest BCUT2D eigenvalue weighted by atomic mass is 10.1. The minimum Gasteiger partial charge on any atom is -0.337 e. The van der Waals surface area contributed by atoms with Crippen molar-refractivity contribution in [1.82, 2.24) is 14.7 Å². The van der Waals surface area contributed by atoms with Gasteiger partial charge in [0.15, 0.2) is 0 Å². The second-order valence-corrected chi connectivity index (χ2v) is 9.02. The molecule has 0 spiro atoms. The van der Waals surface area contributed by atoms with Crippen LogP contribution in [0.4, 0.5) is 0 Å². The third kappa shape index (κ3) is 4.05. The Morgan fingerprint density at radius 3 is 2.31 bits per heavy atom. The molecule has 29 heavy (non-hydrogen) atoms. The lowest BCUT2D eigenvalue weighted by molar-refractivity contribution is 0.0776. The van der Waals surface area contributed by atoms with Crippen molar-refractivity contribution in [2.45, 2.75) is 23.8 Å². The van der Waals surface area contributed by atoms with Crippen molar-refractivity contribution in [3.8, 4) is 16.9 Å². The first-order valence-corrected chi connectivity index (χ1v) is 10.9. The number of halogens is 1. The van der Waals surface area contributed by atoms with E-state index in [0.717, 1.165) is 12.8 Å². The second-order valence-electron chi connectivity index (χ2n) is 7.02. The van der Waals surface area contributed by atoms with E-state index >= 15 is 0 Å². The van der Waals surface area contributed by atoms with Crippen LogP contribution in [-0.2, 0) is 10.0 Å². The molecule has 1 fully saturated rings. The molecule has 0 saturated heterocycles. The van der Waals surface area contributed by atoms with Gasteiger partial charge in [0.1, 0.15) is 5.69 Å². The van der Waals surface area contributed by atoms with Crippen molar-refractivity contribution >= 4 is 27.5 Å². The van der Waals surface area contributed by atoms with Crippen LogP contribution >= 0.6 is 11.6 Å². The van der Waals surface area contributed by atoms with E-state index in [2.05, 4.69) is 5.10 Å². The fourth-order valence-corrected chi connectivity index (χ4v) is 3.72. The Bertz CT molecular complexity index is 1170. The second kappa shape index (κ2) is 7.29. The van der Waals surface area contributed by atoms with E-state index in [4.69, 9.17) is 16.7 Å². The standard InChI is InChI=1S/C20H19ClN4O3S/c1-24(15-8-9-15)20(26)19-12-18(13-2-10-17(11-3-13)29(22,27)28)23-25(19)16-6-4-14(21)5-7-16/h2-7,10-12,15H,8-9H2,1H3,(H2,22,27,28). The predicted molar refractivity (Wildman–Crippen MR) is 110 cm³/mol. The van der Waals surface area contributed by atoms with Crippen molar-refractivity contribution in [2.24, 2.45) is 5.14 Å². The SMILES string of the molecule is CN(C(=O)c1cc(-c2ccc(S(N)(=O)=O)cc2)nn1-c1ccc(Cl)cc1)C1CC1. The van der Waals surface area contributed by atoms with Crippen molar-refractivity contribution in [3.63, 3.8) is 0 Å². The Morgan fingerprint density at radius 1 is 1.14 bits per heavy atom. The van der Waals surface area contributed by atoms with Crippen molar-refractivity contribution in [3.05, 3.63) is 65.3 Å². The number of carbonyl (C=O) groups excluding carboxylic acids is 1.